The van der Waals surface area contributed by atoms with Gasteiger partial charge < -0.3 is 0 Å². The molecule has 2 unspecified atom stereocenters. The number of aryl methyl sites for hydroxylation is 2. The summed E-state index contributed by atoms with van der Waals surface area (Å²) in [5.74, 6) is 0.617. The first-order valence-electron chi connectivity index (χ1n) is 7.55. The molecule has 0 aliphatic carbocycles. The average molecular weight is 281 g/mol. The Morgan fingerprint density at radius 3 is 2.11 bits per heavy atom. The zero-order valence-corrected chi connectivity index (χ0v) is 14.1. The summed E-state index contributed by atoms with van der Waals surface area (Å²) in [5, 5.41) is 0.130. The van der Waals surface area contributed by atoms with Gasteiger partial charge in [0.2, 0.25) is 0 Å². The van der Waals surface area contributed by atoms with Crippen LogP contribution in [0.15, 0.2) is 18.2 Å². The number of hydrogen-bond acceptors (Lipinski definition) is 0. The second kappa shape index (κ2) is 6.79. The zero-order valence-electron chi connectivity index (χ0n) is 13.4. The lowest BCUT2D eigenvalue weighted by molar-refractivity contribution is 0.245. The molecular formula is C18H29Cl. The van der Waals surface area contributed by atoms with Crippen LogP contribution < -0.4 is 0 Å². The summed E-state index contributed by atoms with van der Waals surface area (Å²) < 4.78 is 0. The van der Waals surface area contributed by atoms with Crippen molar-refractivity contribution < 1.29 is 0 Å². The van der Waals surface area contributed by atoms with E-state index >= 15 is 0 Å². The van der Waals surface area contributed by atoms with Crippen LogP contribution in [-0.2, 0) is 12.8 Å². The van der Waals surface area contributed by atoms with E-state index in [4.69, 9.17) is 11.6 Å². The second-order valence-electron chi connectivity index (χ2n) is 6.71. The zero-order chi connectivity index (χ0) is 14.6. The van der Waals surface area contributed by atoms with Crippen molar-refractivity contribution in [2.75, 3.05) is 0 Å². The first-order valence-corrected chi connectivity index (χ1v) is 7.99. The summed E-state index contributed by atoms with van der Waals surface area (Å²) in [6, 6.07) is 6.78. The molecule has 0 aromatic heterocycles. The third kappa shape index (κ3) is 4.53. The fraction of sp³-hybridized carbons (Fsp3) is 0.667. The fourth-order valence-corrected chi connectivity index (χ4v) is 2.72. The highest BCUT2D eigenvalue weighted by atomic mass is 35.5. The van der Waals surface area contributed by atoms with E-state index in [-0.39, 0.29) is 5.38 Å². The molecular weight excluding hydrogens is 252 g/mol. The Hall–Kier alpha value is -0.490. The Labute approximate surface area is 124 Å². The largest absolute Gasteiger partial charge is 0.118 e. The monoisotopic (exact) mass is 280 g/mol. The molecule has 0 saturated heterocycles. The summed E-state index contributed by atoms with van der Waals surface area (Å²) in [6.45, 7) is 13.6. The molecule has 0 radical (unpaired) electrons. The van der Waals surface area contributed by atoms with Gasteiger partial charge in [0.05, 0.1) is 5.38 Å². The molecule has 1 heteroatoms. The molecule has 0 saturated carbocycles. The topological polar surface area (TPSA) is 0 Å². The van der Waals surface area contributed by atoms with Crippen molar-refractivity contribution in [1.29, 1.82) is 0 Å². The lowest BCUT2D eigenvalue weighted by Gasteiger charge is -2.29. The van der Waals surface area contributed by atoms with E-state index in [1.165, 1.54) is 16.7 Å². The lowest BCUT2D eigenvalue weighted by atomic mass is 9.78. The highest BCUT2D eigenvalue weighted by molar-refractivity contribution is 6.20. The van der Waals surface area contributed by atoms with Crippen molar-refractivity contribution in [2.45, 2.75) is 66.2 Å². The van der Waals surface area contributed by atoms with Crippen LogP contribution >= 0.6 is 11.6 Å². The molecule has 0 amide bonds. The van der Waals surface area contributed by atoms with E-state index in [1.54, 1.807) is 0 Å². The molecule has 1 aromatic rings. The highest BCUT2D eigenvalue weighted by Crippen LogP contribution is 2.36. The first-order chi connectivity index (χ1) is 8.79. The maximum absolute atomic E-state index is 6.63. The minimum atomic E-state index is 0.130. The third-order valence-corrected chi connectivity index (χ3v) is 4.82. The van der Waals surface area contributed by atoms with E-state index in [9.17, 15) is 0 Å². The van der Waals surface area contributed by atoms with Gasteiger partial charge in [-0.3, -0.25) is 0 Å². The van der Waals surface area contributed by atoms with Gasteiger partial charge in [0.1, 0.15) is 0 Å². The van der Waals surface area contributed by atoms with E-state index in [2.05, 4.69) is 59.7 Å². The molecule has 0 heterocycles. The van der Waals surface area contributed by atoms with Gasteiger partial charge in [-0.15, -0.1) is 11.6 Å². The number of rotatable bonds is 5. The molecule has 19 heavy (non-hydrogen) atoms. The minimum absolute atomic E-state index is 0.130. The van der Waals surface area contributed by atoms with Gasteiger partial charge >= 0.3 is 0 Å². The fourth-order valence-electron chi connectivity index (χ4n) is 2.31. The van der Waals surface area contributed by atoms with Crippen LogP contribution in [-0.4, -0.2) is 0 Å². The van der Waals surface area contributed by atoms with Crippen molar-refractivity contribution in [2.24, 2.45) is 11.3 Å². The number of hydrogen-bond donors (Lipinski definition) is 0. The van der Waals surface area contributed by atoms with Crippen LogP contribution in [0, 0.1) is 11.3 Å². The molecule has 0 N–H and O–H groups in total. The Kier molecular flexibility index (Phi) is 5.92. The predicted octanol–water partition coefficient (Wildman–Crippen LogP) is 6.16. The van der Waals surface area contributed by atoms with Crippen molar-refractivity contribution >= 4 is 11.6 Å². The number of alkyl halides is 1. The predicted molar refractivity (Wildman–Crippen MR) is 87.0 cm³/mol. The Morgan fingerprint density at radius 1 is 1.05 bits per heavy atom. The van der Waals surface area contributed by atoms with Crippen molar-refractivity contribution in [1.82, 2.24) is 0 Å². The molecule has 0 bridgehead atoms. The van der Waals surface area contributed by atoms with Crippen molar-refractivity contribution in [3.8, 4) is 0 Å². The minimum Gasteiger partial charge on any atom is -0.118 e. The second-order valence-corrected chi connectivity index (χ2v) is 7.23. The standard InChI is InChI=1S/C18H29Cl/c1-7-14-9-10-16(12-15(14)8-2)17(19)11-13(3)18(4,5)6/h9-10,12-13,17H,7-8,11H2,1-6H3. The Morgan fingerprint density at radius 2 is 1.63 bits per heavy atom. The number of halogens is 1. The molecule has 0 spiro atoms. The summed E-state index contributed by atoms with van der Waals surface area (Å²) in [6.07, 6.45) is 3.24. The van der Waals surface area contributed by atoms with Gasteiger partial charge in [0, 0.05) is 0 Å². The molecule has 0 nitrogen and oxygen atoms in total. The van der Waals surface area contributed by atoms with Crippen LogP contribution in [0.25, 0.3) is 0 Å². The molecule has 2 atom stereocenters. The van der Waals surface area contributed by atoms with Crippen molar-refractivity contribution in [3.05, 3.63) is 34.9 Å². The maximum Gasteiger partial charge on any atom is 0.0588 e. The molecule has 0 fully saturated rings. The molecule has 108 valence electrons. The average Bonchev–Trinajstić information content (AvgIpc) is 2.36. The summed E-state index contributed by atoms with van der Waals surface area (Å²) in [5.41, 5.74) is 4.52. The van der Waals surface area contributed by atoms with Crippen molar-refractivity contribution in [3.63, 3.8) is 0 Å². The molecule has 1 aromatic carbocycles. The summed E-state index contributed by atoms with van der Waals surface area (Å²) in [4.78, 5) is 0. The Bertz CT molecular complexity index is 401. The van der Waals surface area contributed by atoms with E-state index in [0.717, 1.165) is 19.3 Å². The third-order valence-electron chi connectivity index (χ3n) is 4.39. The number of benzene rings is 1. The quantitative estimate of drug-likeness (QED) is 0.566. The van der Waals surface area contributed by atoms with Gasteiger partial charge in [-0.05, 0) is 47.3 Å². The van der Waals surface area contributed by atoms with Gasteiger partial charge in [-0.2, -0.15) is 0 Å². The molecule has 0 aliphatic rings. The van der Waals surface area contributed by atoms with Gasteiger partial charge in [-0.1, -0.05) is 59.7 Å². The first kappa shape index (κ1) is 16.6. The van der Waals surface area contributed by atoms with Crippen LogP contribution in [0.1, 0.15) is 70.0 Å². The Balaban J connectivity index is 2.85. The van der Waals surface area contributed by atoms with E-state index in [0.29, 0.717) is 11.3 Å². The highest BCUT2D eigenvalue weighted by Gasteiger charge is 2.23. The van der Waals surface area contributed by atoms with Gasteiger partial charge in [-0.25, -0.2) is 0 Å². The SMILES string of the molecule is CCc1ccc(C(Cl)CC(C)C(C)(C)C)cc1CC. The summed E-state index contributed by atoms with van der Waals surface area (Å²) >= 11 is 6.63. The van der Waals surface area contributed by atoms with Gasteiger partial charge in [0.25, 0.3) is 0 Å². The van der Waals surface area contributed by atoms with Crippen LogP contribution in [0.2, 0.25) is 0 Å². The lowest BCUT2D eigenvalue weighted by Crippen LogP contribution is -2.18. The normalized spacial score (nSPS) is 15.3. The van der Waals surface area contributed by atoms with Gasteiger partial charge in [0.15, 0.2) is 0 Å². The van der Waals surface area contributed by atoms with Crippen LogP contribution in [0.3, 0.4) is 0 Å². The van der Waals surface area contributed by atoms with Crippen LogP contribution in [0.4, 0.5) is 0 Å². The molecule has 0 aliphatic heterocycles. The smallest absolute Gasteiger partial charge is 0.0588 e. The van der Waals surface area contributed by atoms with Crippen LogP contribution in [0.5, 0.6) is 0 Å². The van der Waals surface area contributed by atoms with E-state index < -0.39 is 0 Å². The summed E-state index contributed by atoms with van der Waals surface area (Å²) in [7, 11) is 0. The van der Waals surface area contributed by atoms with E-state index in [1.807, 2.05) is 0 Å². The molecule has 1 rings (SSSR count). The maximum atomic E-state index is 6.63.